The summed E-state index contributed by atoms with van der Waals surface area (Å²) in [7, 11) is 0. The molecule has 0 heterocycles. The zero-order valence-corrected chi connectivity index (χ0v) is 14.5. The van der Waals surface area contributed by atoms with Crippen LogP contribution in [0.1, 0.15) is 73.1 Å². The number of unbranched alkanes of at least 4 members (excludes halogenated alkanes) is 2. The summed E-state index contributed by atoms with van der Waals surface area (Å²) < 4.78 is 0. The lowest BCUT2D eigenvalue weighted by molar-refractivity contribution is 0.606. The Bertz CT molecular complexity index is 287. The van der Waals surface area contributed by atoms with Crippen molar-refractivity contribution >= 4 is 0 Å². The first-order valence-electron chi connectivity index (χ1n) is 7.95. The second kappa shape index (κ2) is 16.0. The second-order valence-electron chi connectivity index (χ2n) is 5.84. The van der Waals surface area contributed by atoms with E-state index in [0.717, 1.165) is 6.42 Å². The minimum Gasteiger partial charge on any atom is -0.103 e. The Labute approximate surface area is 128 Å². The molecule has 1 unspecified atom stereocenters. The molecule has 0 aromatic heterocycles. The highest BCUT2D eigenvalue weighted by Gasteiger charge is 1.94. The number of allylic oxidation sites excluding steroid dienone is 6. The minimum atomic E-state index is 0.666. The Morgan fingerprint density at radius 2 is 1.75 bits per heavy atom. The van der Waals surface area contributed by atoms with Gasteiger partial charge in [-0.1, -0.05) is 42.4 Å². The van der Waals surface area contributed by atoms with Gasteiger partial charge >= 0.3 is 0 Å². The normalized spacial score (nSPS) is 11.4. The summed E-state index contributed by atoms with van der Waals surface area (Å²) in [4.78, 5) is 0. The van der Waals surface area contributed by atoms with E-state index in [0.29, 0.717) is 5.92 Å². The fraction of sp³-hybridized carbons (Fsp3) is 0.600. The van der Waals surface area contributed by atoms with Crippen LogP contribution in [0.2, 0.25) is 0 Å². The summed E-state index contributed by atoms with van der Waals surface area (Å²) in [6, 6.07) is 0. The molecule has 0 N–H and O–H groups in total. The van der Waals surface area contributed by atoms with Crippen molar-refractivity contribution in [3.05, 3.63) is 48.6 Å². The van der Waals surface area contributed by atoms with E-state index in [1.54, 1.807) is 0 Å². The van der Waals surface area contributed by atoms with Crippen LogP contribution in [0.4, 0.5) is 0 Å². The first-order chi connectivity index (χ1) is 9.43. The van der Waals surface area contributed by atoms with E-state index in [1.807, 2.05) is 6.08 Å². The molecule has 0 bridgehead atoms. The summed E-state index contributed by atoms with van der Waals surface area (Å²) in [5, 5.41) is 0. The summed E-state index contributed by atoms with van der Waals surface area (Å²) in [6.07, 6.45) is 16.0. The van der Waals surface area contributed by atoms with E-state index >= 15 is 0 Å². The van der Waals surface area contributed by atoms with Gasteiger partial charge in [0.1, 0.15) is 0 Å². The topological polar surface area (TPSA) is 0 Å². The third kappa shape index (κ3) is 22.2. The number of hydrogen-bond donors (Lipinski definition) is 0. The van der Waals surface area contributed by atoms with Crippen LogP contribution in [0.5, 0.6) is 0 Å². The van der Waals surface area contributed by atoms with E-state index in [1.165, 1.54) is 43.3 Å². The van der Waals surface area contributed by atoms with Crippen LogP contribution in [0.25, 0.3) is 0 Å². The van der Waals surface area contributed by atoms with Gasteiger partial charge in [-0.25, -0.2) is 0 Å². The van der Waals surface area contributed by atoms with E-state index in [4.69, 9.17) is 0 Å². The van der Waals surface area contributed by atoms with Gasteiger partial charge < -0.3 is 0 Å². The highest BCUT2D eigenvalue weighted by molar-refractivity contribution is 4.93. The van der Waals surface area contributed by atoms with Gasteiger partial charge in [0.05, 0.1) is 0 Å². The van der Waals surface area contributed by atoms with Crippen LogP contribution >= 0.6 is 0 Å². The zero-order valence-electron chi connectivity index (χ0n) is 14.5. The molecule has 0 fully saturated rings. The van der Waals surface area contributed by atoms with Crippen molar-refractivity contribution in [1.82, 2.24) is 0 Å². The Balaban J connectivity index is 0. The maximum absolute atomic E-state index is 3.85. The van der Waals surface area contributed by atoms with Crippen LogP contribution in [0.15, 0.2) is 48.6 Å². The number of rotatable bonds is 9. The average Bonchev–Trinajstić information content (AvgIpc) is 2.38. The molecule has 0 aromatic rings. The lowest BCUT2D eigenvalue weighted by atomic mass is 10.0. The maximum atomic E-state index is 3.85. The van der Waals surface area contributed by atoms with Crippen molar-refractivity contribution in [1.29, 1.82) is 0 Å². The van der Waals surface area contributed by atoms with Crippen molar-refractivity contribution in [3.8, 4) is 0 Å². The summed E-state index contributed by atoms with van der Waals surface area (Å²) in [6.45, 7) is 18.2. The van der Waals surface area contributed by atoms with Gasteiger partial charge in [0, 0.05) is 0 Å². The molecule has 0 aliphatic carbocycles. The van der Waals surface area contributed by atoms with Crippen LogP contribution < -0.4 is 0 Å². The molecule has 0 saturated heterocycles. The Hall–Kier alpha value is -1.04. The number of hydrogen-bond acceptors (Lipinski definition) is 0. The third-order valence-corrected chi connectivity index (χ3v) is 3.03. The lowest BCUT2D eigenvalue weighted by Gasteiger charge is -2.03. The molecule has 0 amide bonds. The summed E-state index contributed by atoms with van der Waals surface area (Å²) >= 11 is 0. The van der Waals surface area contributed by atoms with Gasteiger partial charge in [-0.3, -0.25) is 0 Å². The Kier molecular flexibility index (Phi) is 17.0. The molecule has 0 nitrogen and oxygen atoms in total. The fourth-order valence-corrected chi connectivity index (χ4v) is 1.64. The highest BCUT2D eigenvalue weighted by Crippen LogP contribution is 2.11. The summed E-state index contributed by atoms with van der Waals surface area (Å²) in [5.74, 6) is 0.666. The van der Waals surface area contributed by atoms with Crippen molar-refractivity contribution in [2.75, 3.05) is 0 Å². The van der Waals surface area contributed by atoms with Crippen LogP contribution in [0.3, 0.4) is 0 Å². The highest BCUT2D eigenvalue weighted by atomic mass is 14.0. The van der Waals surface area contributed by atoms with Crippen LogP contribution in [0, 0.1) is 5.92 Å². The van der Waals surface area contributed by atoms with Gasteiger partial charge in [0.2, 0.25) is 0 Å². The monoisotopic (exact) mass is 276 g/mol. The first-order valence-corrected chi connectivity index (χ1v) is 7.95. The van der Waals surface area contributed by atoms with Gasteiger partial charge in [-0.2, -0.15) is 0 Å². The zero-order chi connectivity index (χ0) is 15.8. The molecule has 0 heteroatoms. The third-order valence-electron chi connectivity index (χ3n) is 3.03. The molecule has 0 rings (SSSR count). The van der Waals surface area contributed by atoms with Gasteiger partial charge in [-0.15, -0.1) is 13.2 Å². The maximum Gasteiger partial charge on any atom is -0.0265 e. The van der Waals surface area contributed by atoms with Gasteiger partial charge in [0.25, 0.3) is 0 Å². The molecule has 20 heavy (non-hydrogen) atoms. The SMILES string of the molecule is C=CC(C)CCCC(=C)C.CC=CCCCC=C(C)C. The van der Waals surface area contributed by atoms with Gasteiger partial charge in [0.15, 0.2) is 0 Å². The van der Waals surface area contributed by atoms with E-state index in [-0.39, 0.29) is 0 Å². The van der Waals surface area contributed by atoms with Crippen LogP contribution in [-0.2, 0) is 0 Å². The standard InChI is InChI=1S/2C10H18/c1-5-10(4)8-6-7-9(2)3;1-4-5-6-7-8-9-10(2)3/h5,10H,1-2,6-8H2,3-4H3;4-5,9H,6-8H2,1-3H3. The molecule has 1 atom stereocenters. The van der Waals surface area contributed by atoms with Crippen molar-refractivity contribution in [2.24, 2.45) is 5.92 Å². The molecular weight excluding hydrogens is 240 g/mol. The van der Waals surface area contributed by atoms with Crippen molar-refractivity contribution < 1.29 is 0 Å². The largest absolute Gasteiger partial charge is 0.103 e. The fourth-order valence-electron chi connectivity index (χ4n) is 1.64. The molecule has 116 valence electrons. The molecule has 0 aromatic carbocycles. The molecule has 0 aliphatic rings. The average molecular weight is 277 g/mol. The smallest absolute Gasteiger partial charge is 0.0265 e. The quantitative estimate of drug-likeness (QED) is 0.307. The van der Waals surface area contributed by atoms with Gasteiger partial charge in [-0.05, 0) is 72.1 Å². The second-order valence-corrected chi connectivity index (χ2v) is 5.84. The van der Waals surface area contributed by atoms with E-state index in [2.05, 4.69) is 66.0 Å². The van der Waals surface area contributed by atoms with Crippen LogP contribution in [-0.4, -0.2) is 0 Å². The predicted molar refractivity (Wildman–Crippen MR) is 96.1 cm³/mol. The first kappa shape index (κ1) is 21.3. The Morgan fingerprint density at radius 1 is 1.10 bits per heavy atom. The molecule has 0 radical (unpaired) electrons. The minimum absolute atomic E-state index is 0.666. The van der Waals surface area contributed by atoms with E-state index in [9.17, 15) is 0 Å². The van der Waals surface area contributed by atoms with Crippen molar-refractivity contribution in [3.63, 3.8) is 0 Å². The predicted octanol–water partition coefficient (Wildman–Crippen LogP) is 7.25. The molecule has 0 saturated carbocycles. The Morgan fingerprint density at radius 3 is 2.20 bits per heavy atom. The summed E-state index contributed by atoms with van der Waals surface area (Å²) in [5.41, 5.74) is 2.72. The van der Waals surface area contributed by atoms with Crippen molar-refractivity contribution in [2.45, 2.75) is 73.1 Å². The lowest BCUT2D eigenvalue weighted by Crippen LogP contribution is -1.88. The molecule has 0 aliphatic heterocycles. The molecular formula is C20H36. The van der Waals surface area contributed by atoms with E-state index < -0.39 is 0 Å². The molecule has 0 spiro atoms.